The first kappa shape index (κ1) is 14.8. The molecule has 0 aromatic heterocycles. The van der Waals surface area contributed by atoms with Gasteiger partial charge in [0, 0.05) is 12.5 Å². The standard InChI is InChI=1S/C8H13O7P/c1-6(2)8(10)13-4-5-14-16(11,12)15-7(3)9/h1,4-5H2,2-3H3,(H,11,12). The van der Waals surface area contributed by atoms with E-state index in [1.807, 2.05) is 0 Å². The molecule has 0 aliphatic carbocycles. The van der Waals surface area contributed by atoms with Gasteiger partial charge < -0.3 is 9.26 Å². The summed E-state index contributed by atoms with van der Waals surface area (Å²) in [6, 6.07) is 0. The molecular weight excluding hydrogens is 239 g/mol. The summed E-state index contributed by atoms with van der Waals surface area (Å²) < 4.78 is 23.8. The summed E-state index contributed by atoms with van der Waals surface area (Å²) in [5.41, 5.74) is 0.201. The molecule has 0 bridgehead atoms. The van der Waals surface area contributed by atoms with E-state index < -0.39 is 19.8 Å². The molecule has 0 spiro atoms. The Kier molecular flexibility index (Phi) is 5.95. The molecule has 0 aromatic carbocycles. The highest BCUT2D eigenvalue weighted by molar-refractivity contribution is 7.48. The van der Waals surface area contributed by atoms with E-state index in [1.54, 1.807) is 0 Å². The number of carbonyl (C=O) groups excluding carboxylic acids is 2. The maximum Gasteiger partial charge on any atom is 0.529 e. The molecule has 0 saturated heterocycles. The first-order valence-electron chi connectivity index (χ1n) is 4.25. The maximum atomic E-state index is 10.9. The van der Waals surface area contributed by atoms with Gasteiger partial charge in [0.05, 0.1) is 6.61 Å². The molecule has 1 atom stereocenters. The zero-order chi connectivity index (χ0) is 12.8. The molecule has 0 radical (unpaired) electrons. The van der Waals surface area contributed by atoms with Crippen molar-refractivity contribution < 1.29 is 32.8 Å². The number of rotatable bonds is 6. The highest BCUT2D eigenvalue weighted by Gasteiger charge is 2.24. The van der Waals surface area contributed by atoms with Crippen molar-refractivity contribution in [3.05, 3.63) is 12.2 Å². The number of phosphoric ester groups is 1. The highest BCUT2D eigenvalue weighted by atomic mass is 31.2. The zero-order valence-corrected chi connectivity index (χ0v) is 9.86. The SMILES string of the molecule is C=C(C)C(=O)OCCOP(=O)(O)OC(C)=O. The molecule has 0 heterocycles. The van der Waals surface area contributed by atoms with Crippen LogP contribution in [0.3, 0.4) is 0 Å². The molecule has 0 fully saturated rings. The molecule has 1 N–H and O–H groups in total. The van der Waals surface area contributed by atoms with Gasteiger partial charge in [-0.25, -0.2) is 9.36 Å². The van der Waals surface area contributed by atoms with Gasteiger partial charge >= 0.3 is 19.8 Å². The molecule has 16 heavy (non-hydrogen) atoms. The summed E-state index contributed by atoms with van der Waals surface area (Å²) in [7, 11) is -4.40. The summed E-state index contributed by atoms with van der Waals surface area (Å²) >= 11 is 0. The monoisotopic (exact) mass is 252 g/mol. The number of carbonyl (C=O) groups is 2. The van der Waals surface area contributed by atoms with E-state index in [1.165, 1.54) is 6.92 Å². The summed E-state index contributed by atoms with van der Waals surface area (Å²) in [6.07, 6.45) is 0. The molecule has 0 rings (SSSR count). The second kappa shape index (κ2) is 6.42. The van der Waals surface area contributed by atoms with Gasteiger partial charge in [-0.15, -0.1) is 0 Å². The lowest BCUT2D eigenvalue weighted by atomic mass is 10.4. The molecular formula is C8H13O7P. The minimum atomic E-state index is -4.40. The van der Waals surface area contributed by atoms with Crippen LogP contribution in [0.25, 0.3) is 0 Å². The minimum absolute atomic E-state index is 0.201. The van der Waals surface area contributed by atoms with Gasteiger partial charge in [-0.1, -0.05) is 6.58 Å². The quantitative estimate of drug-likeness (QED) is 0.323. The molecule has 0 aliphatic rings. The van der Waals surface area contributed by atoms with E-state index in [4.69, 9.17) is 4.89 Å². The van der Waals surface area contributed by atoms with E-state index in [9.17, 15) is 14.2 Å². The topological polar surface area (TPSA) is 99.1 Å². The Hall–Kier alpha value is -1.17. The minimum Gasteiger partial charge on any atom is -0.460 e. The van der Waals surface area contributed by atoms with Crippen LogP contribution in [0.2, 0.25) is 0 Å². The van der Waals surface area contributed by atoms with E-state index in [-0.39, 0.29) is 18.8 Å². The largest absolute Gasteiger partial charge is 0.529 e. The summed E-state index contributed by atoms with van der Waals surface area (Å²) in [4.78, 5) is 30.1. The van der Waals surface area contributed by atoms with Crippen molar-refractivity contribution in [2.24, 2.45) is 0 Å². The van der Waals surface area contributed by atoms with Gasteiger partial charge in [-0.05, 0) is 6.92 Å². The van der Waals surface area contributed by atoms with Crippen molar-refractivity contribution in [2.75, 3.05) is 13.2 Å². The summed E-state index contributed by atoms with van der Waals surface area (Å²) in [5, 5.41) is 0. The summed E-state index contributed by atoms with van der Waals surface area (Å²) in [6.45, 7) is 5.16. The molecule has 0 saturated carbocycles. The Morgan fingerprint density at radius 2 is 1.88 bits per heavy atom. The van der Waals surface area contributed by atoms with Gasteiger partial charge in [0.15, 0.2) is 0 Å². The van der Waals surface area contributed by atoms with Gasteiger partial charge in [-0.3, -0.25) is 14.2 Å². The Balaban J connectivity index is 3.82. The number of hydrogen-bond acceptors (Lipinski definition) is 6. The van der Waals surface area contributed by atoms with Crippen molar-refractivity contribution >= 4 is 19.8 Å². The van der Waals surface area contributed by atoms with Crippen LogP contribution in [-0.4, -0.2) is 30.0 Å². The third-order valence-corrected chi connectivity index (χ3v) is 2.16. The van der Waals surface area contributed by atoms with Crippen LogP contribution in [0.15, 0.2) is 12.2 Å². The van der Waals surface area contributed by atoms with E-state index in [0.717, 1.165) is 6.92 Å². The Morgan fingerprint density at radius 1 is 1.31 bits per heavy atom. The number of ether oxygens (including phenoxy) is 1. The number of hydrogen-bond donors (Lipinski definition) is 1. The fourth-order valence-corrected chi connectivity index (χ4v) is 1.28. The maximum absolute atomic E-state index is 10.9. The third kappa shape index (κ3) is 7.17. The van der Waals surface area contributed by atoms with Gasteiger partial charge in [0.25, 0.3) is 0 Å². The first-order chi connectivity index (χ1) is 7.24. The average Bonchev–Trinajstić information content (AvgIpc) is 2.09. The first-order valence-corrected chi connectivity index (χ1v) is 5.74. The Morgan fingerprint density at radius 3 is 2.31 bits per heavy atom. The van der Waals surface area contributed by atoms with Crippen molar-refractivity contribution in [2.45, 2.75) is 13.8 Å². The van der Waals surface area contributed by atoms with Crippen LogP contribution in [0.4, 0.5) is 0 Å². The van der Waals surface area contributed by atoms with Crippen LogP contribution in [0.1, 0.15) is 13.8 Å². The Labute approximate surface area is 92.6 Å². The molecule has 0 aromatic rings. The molecule has 92 valence electrons. The lowest BCUT2D eigenvalue weighted by molar-refractivity contribution is -0.140. The zero-order valence-electron chi connectivity index (χ0n) is 8.97. The predicted molar refractivity (Wildman–Crippen MR) is 53.3 cm³/mol. The van der Waals surface area contributed by atoms with Crippen molar-refractivity contribution in [3.8, 4) is 0 Å². The fourth-order valence-electron chi connectivity index (χ4n) is 0.599. The lowest BCUT2D eigenvalue weighted by Gasteiger charge is -2.10. The molecule has 0 aliphatic heterocycles. The number of phosphoric acid groups is 1. The third-order valence-electron chi connectivity index (χ3n) is 1.16. The van der Waals surface area contributed by atoms with Gasteiger partial charge in [0.2, 0.25) is 0 Å². The van der Waals surface area contributed by atoms with Crippen molar-refractivity contribution in [1.29, 1.82) is 0 Å². The number of esters is 1. The van der Waals surface area contributed by atoms with Gasteiger partial charge in [-0.2, -0.15) is 0 Å². The molecule has 0 amide bonds. The molecule has 7 nitrogen and oxygen atoms in total. The van der Waals surface area contributed by atoms with E-state index in [0.29, 0.717) is 0 Å². The van der Waals surface area contributed by atoms with Crippen molar-refractivity contribution in [1.82, 2.24) is 0 Å². The fraction of sp³-hybridized carbons (Fsp3) is 0.500. The summed E-state index contributed by atoms with van der Waals surface area (Å²) in [5.74, 6) is -1.58. The van der Waals surface area contributed by atoms with Gasteiger partial charge in [0.1, 0.15) is 6.61 Å². The molecule has 8 heteroatoms. The van der Waals surface area contributed by atoms with Crippen LogP contribution in [0.5, 0.6) is 0 Å². The van der Waals surface area contributed by atoms with Crippen molar-refractivity contribution in [3.63, 3.8) is 0 Å². The van der Waals surface area contributed by atoms with Crippen LogP contribution in [-0.2, 0) is 27.9 Å². The second-order valence-electron chi connectivity index (χ2n) is 2.80. The normalized spacial score (nSPS) is 13.7. The van der Waals surface area contributed by atoms with E-state index >= 15 is 0 Å². The average molecular weight is 252 g/mol. The van der Waals surface area contributed by atoms with Crippen LogP contribution < -0.4 is 0 Å². The van der Waals surface area contributed by atoms with Crippen LogP contribution >= 0.6 is 7.82 Å². The highest BCUT2D eigenvalue weighted by Crippen LogP contribution is 2.42. The molecule has 1 unspecified atom stereocenters. The predicted octanol–water partition coefficient (Wildman–Crippen LogP) is 0.786. The van der Waals surface area contributed by atoms with E-state index in [2.05, 4.69) is 20.4 Å². The lowest BCUT2D eigenvalue weighted by Crippen LogP contribution is -2.11. The van der Waals surface area contributed by atoms with Crippen LogP contribution in [0, 0.1) is 0 Å². The second-order valence-corrected chi connectivity index (χ2v) is 4.18. The Bertz CT molecular complexity index is 335. The smallest absolute Gasteiger partial charge is 0.460 e.